The number of hydrogen-bond acceptors (Lipinski definition) is 10. The summed E-state index contributed by atoms with van der Waals surface area (Å²) >= 11 is 1.35. The zero-order valence-corrected chi connectivity index (χ0v) is 28.0. The van der Waals surface area contributed by atoms with E-state index in [0.29, 0.717) is 23.9 Å². The van der Waals surface area contributed by atoms with Crippen molar-refractivity contribution in [3.63, 3.8) is 0 Å². The van der Waals surface area contributed by atoms with Crippen LogP contribution in [0.25, 0.3) is 17.1 Å². The largest absolute Gasteiger partial charge is 0.476 e. The fourth-order valence-corrected chi connectivity index (χ4v) is 6.20. The lowest BCUT2D eigenvalue weighted by atomic mass is 9.94. The number of morpholine rings is 1. The van der Waals surface area contributed by atoms with Gasteiger partial charge in [-0.15, -0.1) is 5.10 Å². The minimum atomic E-state index is -4.41. The van der Waals surface area contributed by atoms with Gasteiger partial charge in [0.1, 0.15) is 23.1 Å². The highest BCUT2D eigenvalue weighted by Crippen LogP contribution is 2.38. The van der Waals surface area contributed by atoms with Gasteiger partial charge in [0.15, 0.2) is 11.6 Å². The van der Waals surface area contributed by atoms with E-state index in [0.717, 1.165) is 94.2 Å². The number of nitrogens with zero attached hydrogens (tertiary/aromatic N) is 6. The highest BCUT2D eigenvalue weighted by Gasteiger charge is 2.48. The van der Waals surface area contributed by atoms with Crippen molar-refractivity contribution in [2.45, 2.75) is 63.2 Å². The number of nitrogens with one attached hydrogen (secondary N) is 2. The van der Waals surface area contributed by atoms with E-state index < -0.39 is 18.2 Å². The van der Waals surface area contributed by atoms with Crippen LogP contribution in [0, 0.1) is 5.41 Å². The van der Waals surface area contributed by atoms with Gasteiger partial charge >= 0.3 is 6.18 Å². The van der Waals surface area contributed by atoms with Gasteiger partial charge in [-0.25, -0.2) is 19.6 Å². The Balaban J connectivity index is 1.29. The smallest absolute Gasteiger partial charge is 0.397 e. The van der Waals surface area contributed by atoms with Crippen LogP contribution in [-0.2, 0) is 11.2 Å². The Morgan fingerprint density at radius 3 is 2.71 bits per heavy atom. The molecule has 10 nitrogen and oxygen atoms in total. The minimum Gasteiger partial charge on any atom is -0.476 e. The molecular formula is C34H41F3N8O2S. The second kappa shape index (κ2) is 15.1. The predicted molar refractivity (Wildman–Crippen MR) is 181 cm³/mol. The van der Waals surface area contributed by atoms with Crippen LogP contribution in [0.3, 0.4) is 0 Å². The third kappa shape index (κ3) is 8.39. The van der Waals surface area contributed by atoms with Crippen LogP contribution in [0.2, 0.25) is 0 Å². The van der Waals surface area contributed by atoms with Crippen LogP contribution < -0.4 is 19.7 Å². The van der Waals surface area contributed by atoms with Crippen LogP contribution >= 0.6 is 11.9 Å². The first kappa shape index (κ1) is 34.0. The fraction of sp³-hybridized carbons (Fsp3) is 0.471. The van der Waals surface area contributed by atoms with Gasteiger partial charge in [0.05, 0.1) is 24.8 Å². The number of halogens is 3. The second-order valence-corrected chi connectivity index (χ2v) is 13.6. The van der Waals surface area contributed by atoms with Gasteiger partial charge < -0.3 is 24.4 Å². The summed E-state index contributed by atoms with van der Waals surface area (Å²) in [6.07, 6.45) is 3.91. The topological polar surface area (TPSA) is 102 Å². The number of fused-ring (bicyclic) bond motifs is 6. The molecule has 0 saturated carbocycles. The number of pyridine rings is 1. The maximum Gasteiger partial charge on any atom is 0.397 e. The van der Waals surface area contributed by atoms with E-state index in [1.807, 2.05) is 30.3 Å². The lowest BCUT2D eigenvalue weighted by Crippen LogP contribution is -2.49. The van der Waals surface area contributed by atoms with Gasteiger partial charge in [-0.1, -0.05) is 43.2 Å². The first-order chi connectivity index (χ1) is 23.2. The number of rotatable bonds is 6. The zero-order valence-electron chi connectivity index (χ0n) is 27.2. The van der Waals surface area contributed by atoms with E-state index in [2.05, 4.69) is 32.2 Å². The molecule has 5 heterocycles. The highest BCUT2D eigenvalue weighted by atomic mass is 32.2. The zero-order chi connectivity index (χ0) is 33.6. The first-order valence-electron chi connectivity index (χ1n) is 16.3. The molecule has 1 fully saturated rings. The summed E-state index contributed by atoms with van der Waals surface area (Å²) in [5.74, 6) is 1.96. The van der Waals surface area contributed by atoms with Gasteiger partial charge in [-0.2, -0.15) is 13.2 Å². The molecule has 1 saturated heterocycles. The molecule has 3 aromatic heterocycles. The van der Waals surface area contributed by atoms with Gasteiger partial charge in [0.25, 0.3) is 0 Å². The Labute approximate surface area is 283 Å². The van der Waals surface area contributed by atoms with Crippen LogP contribution in [-0.4, -0.2) is 76.4 Å². The monoisotopic (exact) mass is 682 g/mol. The summed E-state index contributed by atoms with van der Waals surface area (Å²) in [5.41, 5.74) is 0.624. The third-order valence-corrected chi connectivity index (χ3v) is 9.26. The molecule has 2 N–H and O–H groups in total. The average Bonchev–Trinajstić information content (AvgIpc) is 3.56. The lowest BCUT2D eigenvalue weighted by Gasteiger charge is -2.31. The molecule has 6 rings (SSSR count). The van der Waals surface area contributed by atoms with E-state index in [-0.39, 0.29) is 11.9 Å². The van der Waals surface area contributed by atoms with Crippen LogP contribution in [0.4, 0.5) is 24.8 Å². The number of alkyl halides is 3. The Kier molecular flexibility index (Phi) is 10.7. The van der Waals surface area contributed by atoms with Gasteiger partial charge in [-0.05, 0) is 50.8 Å². The average molecular weight is 683 g/mol. The standard InChI is InChI=1S/C34H41F3N8O2S/c1-33(2,34(35,36)37)23-47-29-15-18-45(42-29)32-31-26-12-7-6-11-24(26)10-5-3-4-8-17-44(21-25-22-46-19-16-38-25)28-13-9-14-30(41-28)48-43-27(40-31)20-39-32/h6-7,9,11-15,18,20,25,38H,3-5,8,10,16-17,19,21-23H2,1-2H3,(H,40,43). The van der Waals surface area contributed by atoms with Crippen molar-refractivity contribution in [2.24, 2.45) is 5.41 Å². The Bertz CT molecular complexity index is 1660. The van der Waals surface area contributed by atoms with Gasteiger partial charge in [0.2, 0.25) is 5.88 Å². The number of hydrogen-bond donors (Lipinski definition) is 2. The molecular weight excluding hydrogens is 641 g/mol. The molecule has 1 atom stereocenters. The fourth-order valence-electron chi connectivity index (χ4n) is 5.60. The van der Waals surface area contributed by atoms with E-state index in [9.17, 15) is 13.2 Å². The molecule has 1 aromatic carbocycles. The molecule has 4 bridgehead atoms. The summed E-state index contributed by atoms with van der Waals surface area (Å²) in [7, 11) is 0. The van der Waals surface area contributed by atoms with Gasteiger partial charge in [-0.3, -0.25) is 0 Å². The van der Waals surface area contributed by atoms with Crippen LogP contribution in [0.5, 0.6) is 5.88 Å². The number of aromatic nitrogens is 5. The summed E-state index contributed by atoms with van der Waals surface area (Å²) < 4.78 is 56.2. The normalized spacial score (nSPS) is 18.0. The molecule has 4 aromatic rings. The molecule has 2 aliphatic rings. The molecule has 2 aliphatic heterocycles. The van der Waals surface area contributed by atoms with Crippen molar-refractivity contribution >= 4 is 23.6 Å². The molecule has 0 spiro atoms. The Morgan fingerprint density at radius 2 is 1.88 bits per heavy atom. The maximum absolute atomic E-state index is 13.4. The highest BCUT2D eigenvalue weighted by molar-refractivity contribution is 8.00. The molecule has 14 heteroatoms. The second-order valence-electron chi connectivity index (χ2n) is 12.7. The van der Waals surface area contributed by atoms with Crippen molar-refractivity contribution in [1.29, 1.82) is 0 Å². The summed E-state index contributed by atoms with van der Waals surface area (Å²) in [5, 5.41) is 8.79. The minimum absolute atomic E-state index is 0.0726. The summed E-state index contributed by atoms with van der Waals surface area (Å²) in [6, 6.07) is 15.9. The predicted octanol–water partition coefficient (Wildman–Crippen LogP) is 6.72. The van der Waals surface area contributed by atoms with Crippen molar-refractivity contribution < 1.29 is 22.6 Å². The maximum atomic E-state index is 13.4. The number of ether oxygens (including phenoxy) is 2. The van der Waals surface area contributed by atoms with Crippen LogP contribution in [0.15, 0.2) is 66.0 Å². The third-order valence-electron chi connectivity index (χ3n) is 8.51. The Hall–Kier alpha value is -3.88. The van der Waals surface area contributed by atoms with E-state index in [1.165, 1.54) is 22.7 Å². The summed E-state index contributed by atoms with van der Waals surface area (Å²) in [6.45, 7) is 5.64. The number of anilines is 2. The Morgan fingerprint density at radius 1 is 1.02 bits per heavy atom. The van der Waals surface area contributed by atoms with Crippen molar-refractivity contribution in [1.82, 2.24) is 30.0 Å². The number of aryl methyl sites for hydroxylation is 1. The van der Waals surface area contributed by atoms with E-state index in [1.54, 1.807) is 12.4 Å². The van der Waals surface area contributed by atoms with Gasteiger partial charge in [0, 0.05) is 55.5 Å². The SMILES string of the molecule is CC(C)(COc1ccn(-c2ncc3nc2-c2ccccc2CCCCCCN(CC2COCCN2)c2cccc(n2)SN3)n1)C(F)(F)F. The quantitative estimate of drug-likeness (QED) is 0.213. The molecule has 0 radical (unpaired) electrons. The number of benzene rings is 1. The van der Waals surface area contributed by atoms with Crippen molar-refractivity contribution in [3.8, 4) is 23.0 Å². The molecule has 48 heavy (non-hydrogen) atoms. The molecule has 256 valence electrons. The van der Waals surface area contributed by atoms with E-state index in [4.69, 9.17) is 24.4 Å². The molecule has 1 unspecified atom stereocenters. The lowest BCUT2D eigenvalue weighted by molar-refractivity contribution is -0.219. The first-order valence-corrected chi connectivity index (χ1v) is 17.1. The van der Waals surface area contributed by atoms with Crippen LogP contribution in [0.1, 0.15) is 45.1 Å². The molecule has 0 aliphatic carbocycles. The van der Waals surface area contributed by atoms with Crippen molar-refractivity contribution in [3.05, 3.63) is 66.5 Å². The van der Waals surface area contributed by atoms with E-state index >= 15 is 0 Å². The molecule has 0 amide bonds. The summed E-state index contributed by atoms with van der Waals surface area (Å²) in [4.78, 5) is 17.1. The van der Waals surface area contributed by atoms with Crippen molar-refractivity contribution in [2.75, 3.05) is 49.1 Å².